The van der Waals surface area contributed by atoms with Gasteiger partial charge in [0.05, 0.1) is 0 Å². The number of ether oxygens (including phenoxy) is 1. The summed E-state index contributed by atoms with van der Waals surface area (Å²) in [6, 6.07) is 13.8. The van der Waals surface area contributed by atoms with Crippen LogP contribution in [0.3, 0.4) is 0 Å². The maximum Gasteiger partial charge on any atom is 0.221 e. The van der Waals surface area contributed by atoms with Crippen molar-refractivity contribution >= 4 is 11.6 Å². The Labute approximate surface area is 116 Å². The van der Waals surface area contributed by atoms with Crippen molar-refractivity contribution in [3.63, 3.8) is 0 Å². The molecule has 0 saturated carbocycles. The van der Waals surface area contributed by atoms with Crippen molar-refractivity contribution in [3.8, 4) is 11.5 Å². The highest BCUT2D eigenvalue weighted by atomic mass is 16.5. The molecule has 0 spiro atoms. The summed E-state index contributed by atoms with van der Waals surface area (Å²) in [6.45, 7) is 1.35. The average molecular weight is 273 g/mol. The first-order valence-electron chi connectivity index (χ1n) is 6.07. The minimum atomic E-state index is -1.70. The lowest BCUT2D eigenvalue weighted by Gasteiger charge is -2.14. The Balaban J connectivity index is 2.28. The lowest BCUT2D eigenvalue weighted by Crippen LogP contribution is -2.10. The third-order valence-electron chi connectivity index (χ3n) is 2.59. The first-order valence-corrected chi connectivity index (χ1v) is 6.07. The third kappa shape index (κ3) is 3.57. The quantitative estimate of drug-likeness (QED) is 0.747. The van der Waals surface area contributed by atoms with Gasteiger partial charge in [0, 0.05) is 18.2 Å². The number of amides is 1. The van der Waals surface area contributed by atoms with Crippen molar-refractivity contribution < 1.29 is 19.7 Å². The molecule has 0 aliphatic carbocycles. The Morgan fingerprint density at radius 2 is 1.80 bits per heavy atom. The monoisotopic (exact) mass is 273 g/mol. The van der Waals surface area contributed by atoms with Crippen LogP contribution in [0.5, 0.6) is 11.5 Å². The summed E-state index contributed by atoms with van der Waals surface area (Å²) >= 11 is 0. The fourth-order valence-corrected chi connectivity index (χ4v) is 1.75. The van der Waals surface area contributed by atoms with E-state index in [1.165, 1.54) is 13.0 Å². The number of carbonyl (C=O) groups is 1. The molecule has 0 bridgehead atoms. The molecule has 104 valence electrons. The zero-order chi connectivity index (χ0) is 14.5. The fourth-order valence-electron chi connectivity index (χ4n) is 1.75. The second kappa shape index (κ2) is 6.18. The van der Waals surface area contributed by atoms with Gasteiger partial charge in [-0.1, -0.05) is 18.2 Å². The number of rotatable bonds is 4. The summed E-state index contributed by atoms with van der Waals surface area (Å²) in [7, 11) is 0. The molecule has 2 rings (SSSR count). The Kier molecular flexibility index (Phi) is 4.34. The summed E-state index contributed by atoms with van der Waals surface area (Å²) in [5.74, 6) is 0.801. The van der Waals surface area contributed by atoms with Gasteiger partial charge >= 0.3 is 0 Å². The van der Waals surface area contributed by atoms with Gasteiger partial charge in [-0.2, -0.15) is 0 Å². The van der Waals surface area contributed by atoms with Gasteiger partial charge < -0.3 is 20.3 Å². The lowest BCUT2D eigenvalue weighted by atomic mass is 10.1. The first kappa shape index (κ1) is 14.0. The van der Waals surface area contributed by atoms with Gasteiger partial charge in [-0.15, -0.1) is 0 Å². The number of aliphatic hydroxyl groups excluding tert-OH is 1. The molecule has 1 amide bonds. The molecule has 5 nitrogen and oxygen atoms in total. The standard InChI is InChI=1S/C15H15NO4/c1-10(17)16-14-8-7-12(9-13(14)15(18)19)20-11-5-3-2-4-6-11/h2-9,15,18-19H,1H3,(H,16,17). The summed E-state index contributed by atoms with van der Waals surface area (Å²) in [6.07, 6.45) is -1.70. The molecule has 0 fully saturated rings. The van der Waals surface area contributed by atoms with E-state index in [0.29, 0.717) is 17.2 Å². The summed E-state index contributed by atoms with van der Waals surface area (Å²) in [5, 5.41) is 21.2. The van der Waals surface area contributed by atoms with E-state index in [2.05, 4.69) is 5.32 Å². The minimum absolute atomic E-state index is 0.175. The number of hydrogen-bond donors (Lipinski definition) is 3. The Morgan fingerprint density at radius 3 is 2.40 bits per heavy atom. The molecule has 2 aromatic rings. The maximum absolute atomic E-state index is 11.1. The molecule has 0 aliphatic rings. The number of aliphatic hydroxyl groups is 2. The van der Waals surface area contributed by atoms with Gasteiger partial charge in [-0.25, -0.2) is 0 Å². The normalized spacial score (nSPS) is 10.4. The molecule has 0 heterocycles. The summed E-state index contributed by atoms with van der Waals surface area (Å²) < 4.78 is 5.59. The SMILES string of the molecule is CC(=O)Nc1ccc(Oc2ccccc2)cc1C(O)O. The van der Waals surface area contributed by atoms with Gasteiger partial charge in [0.25, 0.3) is 0 Å². The van der Waals surface area contributed by atoms with Crippen LogP contribution in [-0.4, -0.2) is 16.1 Å². The van der Waals surface area contributed by atoms with Crippen LogP contribution in [0, 0.1) is 0 Å². The van der Waals surface area contributed by atoms with Crippen LogP contribution in [0.25, 0.3) is 0 Å². The number of hydrogen-bond acceptors (Lipinski definition) is 4. The van der Waals surface area contributed by atoms with Crippen LogP contribution in [0.2, 0.25) is 0 Å². The van der Waals surface area contributed by atoms with Crippen LogP contribution in [-0.2, 0) is 4.79 Å². The number of nitrogens with one attached hydrogen (secondary N) is 1. The molecular weight excluding hydrogens is 258 g/mol. The van der Waals surface area contributed by atoms with Crippen molar-refractivity contribution in [3.05, 3.63) is 54.1 Å². The predicted molar refractivity (Wildman–Crippen MR) is 74.4 cm³/mol. The molecule has 0 radical (unpaired) electrons. The smallest absolute Gasteiger partial charge is 0.221 e. The number of benzene rings is 2. The molecule has 0 saturated heterocycles. The van der Waals surface area contributed by atoms with E-state index in [0.717, 1.165) is 0 Å². The molecule has 0 atom stereocenters. The zero-order valence-corrected chi connectivity index (χ0v) is 10.9. The van der Waals surface area contributed by atoms with Crippen LogP contribution in [0.15, 0.2) is 48.5 Å². The second-order valence-corrected chi connectivity index (χ2v) is 4.22. The van der Waals surface area contributed by atoms with Gasteiger partial charge in [0.15, 0.2) is 6.29 Å². The van der Waals surface area contributed by atoms with E-state index in [-0.39, 0.29) is 11.5 Å². The van der Waals surface area contributed by atoms with Crippen molar-refractivity contribution in [1.29, 1.82) is 0 Å². The summed E-state index contributed by atoms with van der Waals surface area (Å²) in [4.78, 5) is 11.1. The van der Waals surface area contributed by atoms with Crippen molar-refractivity contribution in [2.24, 2.45) is 0 Å². The highest BCUT2D eigenvalue weighted by Gasteiger charge is 2.12. The van der Waals surface area contributed by atoms with Crippen molar-refractivity contribution in [2.75, 3.05) is 5.32 Å². The second-order valence-electron chi connectivity index (χ2n) is 4.22. The van der Waals surface area contributed by atoms with Crippen LogP contribution in [0.4, 0.5) is 5.69 Å². The average Bonchev–Trinajstić information content (AvgIpc) is 2.41. The predicted octanol–water partition coefficient (Wildman–Crippen LogP) is 2.42. The number of anilines is 1. The molecule has 0 aliphatic heterocycles. The lowest BCUT2D eigenvalue weighted by molar-refractivity contribution is -0.114. The number of carbonyl (C=O) groups excluding carboxylic acids is 1. The van der Waals surface area contributed by atoms with Crippen molar-refractivity contribution in [2.45, 2.75) is 13.2 Å². The molecule has 2 aromatic carbocycles. The largest absolute Gasteiger partial charge is 0.457 e. The summed E-state index contributed by atoms with van der Waals surface area (Å²) in [5.41, 5.74) is 0.515. The van der Waals surface area contributed by atoms with Crippen LogP contribution >= 0.6 is 0 Å². The van der Waals surface area contributed by atoms with E-state index in [9.17, 15) is 15.0 Å². The molecule has 5 heteroatoms. The van der Waals surface area contributed by atoms with E-state index in [4.69, 9.17) is 4.74 Å². The van der Waals surface area contributed by atoms with Crippen LogP contribution < -0.4 is 10.1 Å². The molecule has 3 N–H and O–H groups in total. The Hall–Kier alpha value is -2.37. The van der Waals surface area contributed by atoms with Gasteiger partial charge in [0.2, 0.25) is 5.91 Å². The minimum Gasteiger partial charge on any atom is -0.457 e. The topological polar surface area (TPSA) is 78.8 Å². The van der Waals surface area contributed by atoms with Crippen LogP contribution in [0.1, 0.15) is 18.8 Å². The van der Waals surface area contributed by atoms with E-state index < -0.39 is 6.29 Å². The van der Waals surface area contributed by atoms with Crippen molar-refractivity contribution in [1.82, 2.24) is 0 Å². The van der Waals surface area contributed by atoms with Gasteiger partial charge in [0.1, 0.15) is 11.5 Å². The Morgan fingerprint density at radius 1 is 1.10 bits per heavy atom. The van der Waals surface area contributed by atoms with E-state index in [1.54, 1.807) is 24.3 Å². The third-order valence-corrected chi connectivity index (χ3v) is 2.59. The maximum atomic E-state index is 11.1. The molecule has 0 unspecified atom stereocenters. The van der Waals surface area contributed by atoms with E-state index >= 15 is 0 Å². The Bertz CT molecular complexity index is 596. The highest BCUT2D eigenvalue weighted by Crippen LogP contribution is 2.29. The van der Waals surface area contributed by atoms with Gasteiger partial charge in [-0.3, -0.25) is 4.79 Å². The van der Waals surface area contributed by atoms with Gasteiger partial charge in [-0.05, 0) is 30.3 Å². The first-order chi connectivity index (χ1) is 9.56. The highest BCUT2D eigenvalue weighted by molar-refractivity contribution is 5.89. The number of para-hydroxylation sites is 1. The fraction of sp³-hybridized carbons (Fsp3) is 0.133. The molecule has 0 aromatic heterocycles. The zero-order valence-electron chi connectivity index (χ0n) is 10.9. The molecular formula is C15H15NO4. The van der Waals surface area contributed by atoms with E-state index in [1.807, 2.05) is 18.2 Å². The molecule has 20 heavy (non-hydrogen) atoms.